The highest BCUT2D eigenvalue weighted by Crippen LogP contribution is 2.33. The Morgan fingerprint density at radius 3 is 2.68 bits per heavy atom. The Morgan fingerprint density at radius 1 is 1.37 bits per heavy atom. The molecular formula is C14H19ClN2O2. The lowest BCUT2D eigenvalue weighted by Gasteiger charge is -2.46. The van der Waals surface area contributed by atoms with E-state index in [-0.39, 0.29) is 12.5 Å². The fourth-order valence-electron chi connectivity index (χ4n) is 2.56. The van der Waals surface area contributed by atoms with E-state index in [4.69, 9.17) is 11.6 Å². The van der Waals surface area contributed by atoms with Gasteiger partial charge in [-0.05, 0) is 26.0 Å². The van der Waals surface area contributed by atoms with Crippen LogP contribution < -0.4 is 4.90 Å². The fraction of sp³-hybridized carbons (Fsp3) is 0.500. The van der Waals surface area contributed by atoms with Gasteiger partial charge in [-0.25, -0.2) is 0 Å². The maximum Gasteiger partial charge on any atom is 0.247 e. The molecule has 4 nitrogen and oxygen atoms in total. The predicted octanol–water partition coefficient (Wildman–Crippen LogP) is 1.89. The number of hydrogen-bond acceptors (Lipinski definition) is 3. The Morgan fingerprint density at radius 2 is 2.05 bits per heavy atom. The third-order valence-electron chi connectivity index (χ3n) is 3.71. The first kappa shape index (κ1) is 14.2. The topological polar surface area (TPSA) is 43.8 Å². The van der Waals surface area contributed by atoms with Crippen LogP contribution >= 0.6 is 11.6 Å². The van der Waals surface area contributed by atoms with E-state index in [1.54, 1.807) is 17.0 Å². The fourth-order valence-corrected chi connectivity index (χ4v) is 2.72. The second-order valence-corrected chi connectivity index (χ2v) is 5.80. The van der Waals surface area contributed by atoms with Crippen LogP contribution in [0.3, 0.4) is 0 Å². The van der Waals surface area contributed by atoms with Crippen LogP contribution in [0.2, 0.25) is 5.02 Å². The van der Waals surface area contributed by atoms with Crippen molar-refractivity contribution in [3.8, 4) is 0 Å². The van der Waals surface area contributed by atoms with Crippen molar-refractivity contribution < 1.29 is 9.90 Å². The number of aliphatic hydroxyl groups is 1. The average Bonchev–Trinajstić information content (AvgIpc) is 2.36. The van der Waals surface area contributed by atoms with E-state index in [0.29, 0.717) is 11.6 Å². The number of benzene rings is 1. The minimum absolute atomic E-state index is 0.0664. The minimum atomic E-state index is -0.637. The second kappa shape index (κ2) is 5.02. The summed E-state index contributed by atoms with van der Waals surface area (Å²) in [7, 11) is 1.81. The number of hydrogen-bond donors (Lipinski definition) is 1. The quantitative estimate of drug-likeness (QED) is 0.901. The molecule has 0 atom stereocenters. The van der Waals surface area contributed by atoms with Gasteiger partial charge in [-0.2, -0.15) is 0 Å². The van der Waals surface area contributed by atoms with Crippen molar-refractivity contribution in [3.05, 3.63) is 28.8 Å². The molecule has 0 spiro atoms. The highest BCUT2D eigenvalue weighted by molar-refractivity contribution is 6.30. The van der Waals surface area contributed by atoms with Crippen LogP contribution in [0.25, 0.3) is 0 Å². The standard InChI is InChI=1S/C14H19ClN2O2/c1-14(2)13(19)16(3)6-7-17(14)12-8-11(15)5-4-10(12)9-18/h4-5,8,18H,6-7,9H2,1-3H3. The molecule has 0 aliphatic carbocycles. The first-order valence-electron chi connectivity index (χ1n) is 6.30. The maximum absolute atomic E-state index is 12.3. The van der Waals surface area contributed by atoms with Crippen LogP contribution in [0.4, 0.5) is 5.69 Å². The number of halogens is 1. The van der Waals surface area contributed by atoms with Gasteiger partial charge in [-0.1, -0.05) is 17.7 Å². The first-order valence-corrected chi connectivity index (χ1v) is 6.68. The number of aliphatic hydroxyl groups excluding tert-OH is 1. The van der Waals surface area contributed by atoms with Gasteiger partial charge in [0.15, 0.2) is 0 Å². The Balaban J connectivity index is 2.46. The van der Waals surface area contributed by atoms with Gasteiger partial charge < -0.3 is 14.9 Å². The van der Waals surface area contributed by atoms with Crippen LogP contribution in [-0.4, -0.2) is 41.6 Å². The number of nitrogens with zero attached hydrogens (tertiary/aromatic N) is 2. The molecule has 19 heavy (non-hydrogen) atoms. The van der Waals surface area contributed by atoms with E-state index < -0.39 is 5.54 Å². The summed E-state index contributed by atoms with van der Waals surface area (Å²) in [6.07, 6.45) is 0. The molecule has 1 aromatic rings. The average molecular weight is 283 g/mol. The molecule has 0 bridgehead atoms. The zero-order valence-electron chi connectivity index (χ0n) is 11.5. The Hall–Kier alpha value is -1.26. The summed E-state index contributed by atoms with van der Waals surface area (Å²) in [5.41, 5.74) is 0.984. The smallest absolute Gasteiger partial charge is 0.247 e. The number of amides is 1. The zero-order valence-corrected chi connectivity index (χ0v) is 12.2. The van der Waals surface area contributed by atoms with E-state index in [1.165, 1.54) is 0 Å². The van der Waals surface area contributed by atoms with Crippen molar-refractivity contribution in [2.75, 3.05) is 25.0 Å². The molecule has 1 heterocycles. The second-order valence-electron chi connectivity index (χ2n) is 5.37. The summed E-state index contributed by atoms with van der Waals surface area (Å²) in [4.78, 5) is 16.1. The molecule has 5 heteroatoms. The largest absolute Gasteiger partial charge is 0.392 e. The molecule has 1 saturated heterocycles. The van der Waals surface area contributed by atoms with Crippen molar-refractivity contribution in [1.82, 2.24) is 4.90 Å². The van der Waals surface area contributed by atoms with Crippen molar-refractivity contribution in [3.63, 3.8) is 0 Å². The van der Waals surface area contributed by atoms with Gasteiger partial charge >= 0.3 is 0 Å². The number of likely N-dealkylation sites (N-methyl/N-ethyl adjacent to an activating group) is 1. The molecule has 2 rings (SSSR count). The van der Waals surface area contributed by atoms with E-state index in [2.05, 4.69) is 0 Å². The van der Waals surface area contributed by atoms with Crippen LogP contribution in [0.15, 0.2) is 18.2 Å². The molecule has 0 radical (unpaired) electrons. The molecule has 1 N–H and O–H groups in total. The van der Waals surface area contributed by atoms with Crippen molar-refractivity contribution in [1.29, 1.82) is 0 Å². The van der Waals surface area contributed by atoms with Crippen molar-refractivity contribution >= 4 is 23.2 Å². The monoisotopic (exact) mass is 282 g/mol. The third kappa shape index (κ3) is 2.42. The van der Waals surface area contributed by atoms with Crippen LogP contribution in [0.1, 0.15) is 19.4 Å². The van der Waals surface area contributed by atoms with E-state index in [0.717, 1.165) is 17.8 Å². The van der Waals surface area contributed by atoms with Crippen LogP contribution in [0, 0.1) is 0 Å². The Labute approximate surface area is 118 Å². The lowest BCUT2D eigenvalue weighted by atomic mass is 9.95. The van der Waals surface area contributed by atoms with Crippen molar-refractivity contribution in [2.24, 2.45) is 0 Å². The first-order chi connectivity index (χ1) is 8.87. The molecule has 1 amide bonds. The molecule has 0 saturated carbocycles. The van der Waals surface area contributed by atoms with Gasteiger partial charge in [0.2, 0.25) is 5.91 Å². The summed E-state index contributed by atoms with van der Waals surface area (Å²) >= 11 is 6.05. The van der Waals surface area contributed by atoms with Gasteiger partial charge in [-0.3, -0.25) is 4.79 Å². The molecule has 1 aliphatic rings. The highest BCUT2D eigenvalue weighted by atomic mass is 35.5. The number of carbonyl (C=O) groups is 1. The normalized spacial score (nSPS) is 18.9. The van der Waals surface area contributed by atoms with E-state index in [9.17, 15) is 9.90 Å². The molecule has 0 aromatic heterocycles. The summed E-state index contributed by atoms with van der Waals surface area (Å²) in [5.74, 6) is 0.0719. The molecule has 0 unspecified atom stereocenters. The summed E-state index contributed by atoms with van der Waals surface area (Å²) in [5, 5.41) is 10.1. The zero-order chi connectivity index (χ0) is 14.2. The van der Waals surface area contributed by atoms with E-state index >= 15 is 0 Å². The predicted molar refractivity (Wildman–Crippen MR) is 76.4 cm³/mol. The number of carbonyl (C=O) groups excluding carboxylic acids is 1. The number of anilines is 1. The molecule has 104 valence electrons. The van der Waals surface area contributed by atoms with Gasteiger partial charge in [0, 0.05) is 36.4 Å². The molecule has 1 aliphatic heterocycles. The summed E-state index contributed by atoms with van der Waals surface area (Å²) in [6.45, 7) is 5.12. The van der Waals surface area contributed by atoms with Gasteiger partial charge in [0.25, 0.3) is 0 Å². The van der Waals surface area contributed by atoms with E-state index in [1.807, 2.05) is 31.9 Å². The SMILES string of the molecule is CN1CCN(c2cc(Cl)ccc2CO)C(C)(C)C1=O. The number of piperazine rings is 1. The maximum atomic E-state index is 12.3. The van der Waals surface area contributed by atoms with Gasteiger partial charge in [0.1, 0.15) is 5.54 Å². The lowest BCUT2D eigenvalue weighted by Crippen LogP contribution is -2.62. The highest BCUT2D eigenvalue weighted by Gasteiger charge is 2.41. The third-order valence-corrected chi connectivity index (χ3v) is 3.95. The minimum Gasteiger partial charge on any atom is -0.392 e. The summed E-state index contributed by atoms with van der Waals surface area (Å²) < 4.78 is 0. The molecule has 1 aromatic carbocycles. The van der Waals surface area contributed by atoms with Crippen LogP contribution in [-0.2, 0) is 11.4 Å². The van der Waals surface area contributed by atoms with Gasteiger partial charge in [0.05, 0.1) is 6.61 Å². The molecule has 1 fully saturated rings. The Kier molecular flexibility index (Phi) is 3.74. The lowest BCUT2D eigenvalue weighted by molar-refractivity contribution is -0.136. The van der Waals surface area contributed by atoms with Crippen molar-refractivity contribution in [2.45, 2.75) is 26.0 Å². The molecular weight excluding hydrogens is 264 g/mol. The summed E-state index contributed by atoms with van der Waals surface area (Å²) in [6, 6.07) is 5.37. The van der Waals surface area contributed by atoms with Gasteiger partial charge in [-0.15, -0.1) is 0 Å². The Bertz CT molecular complexity index is 502. The number of rotatable bonds is 2. The van der Waals surface area contributed by atoms with Crippen LogP contribution in [0.5, 0.6) is 0 Å².